The van der Waals surface area contributed by atoms with Crippen molar-refractivity contribution in [2.75, 3.05) is 16.8 Å². The number of carbonyl (C=O) groups is 1. The lowest BCUT2D eigenvalue weighted by Crippen LogP contribution is -2.14. The summed E-state index contributed by atoms with van der Waals surface area (Å²) in [6.07, 6.45) is 10.4. The molecule has 33 heavy (non-hydrogen) atoms. The van der Waals surface area contributed by atoms with Crippen LogP contribution in [0, 0.1) is 12.8 Å². The fourth-order valence-corrected chi connectivity index (χ4v) is 3.82. The third-order valence-corrected chi connectivity index (χ3v) is 6.32. The SMILES string of the molecule is CCS(=O)n1cccn1.Cc1ccncc1-c1cc2cc(NC(=O)C3CC3)ncc2c(N)n1. The summed E-state index contributed by atoms with van der Waals surface area (Å²) in [5.74, 6) is 1.74. The Balaban J connectivity index is 0.000000243. The van der Waals surface area contributed by atoms with Crippen LogP contribution in [0.3, 0.4) is 0 Å². The molecule has 0 bridgehead atoms. The zero-order chi connectivity index (χ0) is 23.4. The second-order valence-corrected chi connectivity index (χ2v) is 9.25. The maximum atomic E-state index is 11.9. The molecule has 0 aromatic carbocycles. The first-order valence-electron chi connectivity index (χ1n) is 10.6. The van der Waals surface area contributed by atoms with Gasteiger partial charge in [-0.25, -0.2) is 14.2 Å². The van der Waals surface area contributed by atoms with Gasteiger partial charge in [0, 0.05) is 47.4 Å². The van der Waals surface area contributed by atoms with Crippen LogP contribution < -0.4 is 11.1 Å². The van der Waals surface area contributed by atoms with Crippen molar-refractivity contribution >= 4 is 39.3 Å². The van der Waals surface area contributed by atoms with Crippen LogP contribution in [-0.4, -0.2) is 40.0 Å². The van der Waals surface area contributed by atoms with E-state index in [1.807, 2.05) is 32.0 Å². The van der Waals surface area contributed by atoms with Gasteiger partial charge in [0.25, 0.3) is 0 Å². The van der Waals surface area contributed by atoms with Crippen molar-refractivity contribution in [3.63, 3.8) is 0 Å². The molecule has 3 N–H and O–H groups in total. The van der Waals surface area contributed by atoms with E-state index in [2.05, 4.69) is 25.4 Å². The van der Waals surface area contributed by atoms with Crippen molar-refractivity contribution in [3.8, 4) is 11.3 Å². The summed E-state index contributed by atoms with van der Waals surface area (Å²) in [7, 11) is -0.954. The van der Waals surface area contributed by atoms with Gasteiger partial charge in [0.2, 0.25) is 5.91 Å². The summed E-state index contributed by atoms with van der Waals surface area (Å²) in [4.78, 5) is 24.8. The molecule has 1 aliphatic carbocycles. The van der Waals surface area contributed by atoms with Gasteiger partial charge in [-0.3, -0.25) is 9.78 Å². The predicted octanol–water partition coefficient (Wildman–Crippen LogP) is 3.35. The number of rotatable bonds is 5. The molecule has 10 heteroatoms. The molecule has 1 unspecified atom stereocenters. The molecule has 0 radical (unpaired) electrons. The van der Waals surface area contributed by atoms with Crippen molar-refractivity contribution in [1.29, 1.82) is 0 Å². The zero-order valence-electron chi connectivity index (χ0n) is 18.4. The molecule has 5 rings (SSSR count). The summed E-state index contributed by atoms with van der Waals surface area (Å²) < 4.78 is 12.3. The Morgan fingerprint density at radius 3 is 2.76 bits per heavy atom. The van der Waals surface area contributed by atoms with Gasteiger partial charge in [-0.05, 0) is 55.0 Å². The minimum atomic E-state index is -0.954. The third-order valence-electron chi connectivity index (χ3n) is 5.20. The van der Waals surface area contributed by atoms with E-state index in [0.29, 0.717) is 17.4 Å². The van der Waals surface area contributed by atoms with Crippen LogP contribution in [0.4, 0.5) is 11.6 Å². The van der Waals surface area contributed by atoms with Crippen molar-refractivity contribution < 1.29 is 9.00 Å². The van der Waals surface area contributed by atoms with E-state index in [-0.39, 0.29) is 11.8 Å². The van der Waals surface area contributed by atoms with Crippen molar-refractivity contribution in [2.24, 2.45) is 5.92 Å². The van der Waals surface area contributed by atoms with Gasteiger partial charge in [0.1, 0.15) is 22.6 Å². The van der Waals surface area contributed by atoms with E-state index in [0.717, 1.165) is 40.4 Å². The topological polar surface area (TPSA) is 129 Å². The molecular weight excluding hydrogens is 438 g/mol. The second kappa shape index (κ2) is 9.86. The highest BCUT2D eigenvalue weighted by molar-refractivity contribution is 7.83. The molecule has 4 aromatic heterocycles. The number of pyridine rings is 3. The van der Waals surface area contributed by atoms with E-state index in [9.17, 15) is 9.00 Å². The molecule has 0 saturated heterocycles. The number of amides is 1. The third kappa shape index (κ3) is 5.40. The maximum Gasteiger partial charge on any atom is 0.228 e. The highest BCUT2D eigenvalue weighted by Gasteiger charge is 2.29. The number of carbonyl (C=O) groups excluding carboxylic acids is 1. The number of nitrogens with two attached hydrogens (primary N) is 1. The number of hydrogen-bond acceptors (Lipinski definition) is 7. The molecule has 1 fully saturated rings. The number of nitrogens with zero attached hydrogens (tertiary/aromatic N) is 5. The molecule has 0 aliphatic heterocycles. The van der Waals surface area contributed by atoms with E-state index < -0.39 is 11.0 Å². The number of hydrogen-bond donors (Lipinski definition) is 2. The van der Waals surface area contributed by atoms with Gasteiger partial charge < -0.3 is 11.1 Å². The molecular formula is C23H25N7O2S. The van der Waals surface area contributed by atoms with Crippen LogP contribution >= 0.6 is 0 Å². The van der Waals surface area contributed by atoms with E-state index in [1.165, 1.54) is 4.09 Å². The smallest absolute Gasteiger partial charge is 0.228 e. The lowest BCUT2D eigenvalue weighted by Gasteiger charge is -2.10. The van der Waals surface area contributed by atoms with Gasteiger partial charge in [-0.15, -0.1) is 0 Å². The number of nitrogen functional groups attached to an aromatic ring is 1. The van der Waals surface area contributed by atoms with E-state index >= 15 is 0 Å². The molecule has 1 amide bonds. The number of aromatic nitrogens is 5. The minimum absolute atomic E-state index is 0.0344. The van der Waals surface area contributed by atoms with Gasteiger partial charge in [-0.1, -0.05) is 6.92 Å². The predicted molar refractivity (Wildman–Crippen MR) is 130 cm³/mol. The van der Waals surface area contributed by atoms with Gasteiger partial charge in [-0.2, -0.15) is 9.19 Å². The number of anilines is 2. The first kappa shape index (κ1) is 22.5. The molecule has 9 nitrogen and oxygen atoms in total. The number of aryl methyl sites for hydroxylation is 1. The summed E-state index contributed by atoms with van der Waals surface area (Å²) in [6.45, 7) is 3.87. The molecule has 1 aliphatic rings. The Hall–Kier alpha value is -3.66. The summed E-state index contributed by atoms with van der Waals surface area (Å²) >= 11 is 0. The van der Waals surface area contributed by atoms with Gasteiger partial charge >= 0.3 is 0 Å². The normalized spacial score (nSPS) is 13.8. The molecule has 1 saturated carbocycles. The Kier molecular flexibility index (Phi) is 6.74. The molecule has 1 atom stereocenters. The lowest BCUT2D eigenvalue weighted by atomic mass is 10.1. The van der Waals surface area contributed by atoms with Gasteiger partial charge in [0.05, 0.1) is 11.9 Å². The molecule has 170 valence electrons. The largest absolute Gasteiger partial charge is 0.383 e. The Bertz CT molecular complexity index is 1300. The van der Waals surface area contributed by atoms with Crippen LogP contribution in [0.1, 0.15) is 25.3 Å². The molecule has 0 spiro atoms. The first-order valence-corrected chi connectivity index (χ1v) is 11.9. The van der Waals surface area contributed by atoms with Crippen molar-refractivity contribution in [3.05, 3.63) is 60.8 Å². The number of fused-ring (bicyclic) bond motifs is 1. The molecule has 4 aromatic rings. The Morgan fingerprint density at radius 2 is 2.09 bits per heavy atom. The van der Waals surface area contributed by atoms with Crippen LogP contribution in [0.25, 0.3) is 22.0 Å². The van der Waals surface area contributed by atoms with Crippen molar-refractivity contribution in [1.82, 2.24) is 24.1 Å². The van der Waals surface area contributed by atoms with Crippen LogP contribution in [0.15, 0.2) is 55.2 Å². The monoisotopic (exact) mass is 463 g/mol. The van der Waals surface area contributed by atoms with Crippen LogP contribution in [0.5, 0.6) is 0 Å². The Labute approximate surface area is 194 Å². The fourth-order valence-electron chi connectivity index (χ4n) is 3.19. The average Bonchev–Trinajstić information content (AvgIpc) is 3.53. The zero-order valence-corrected chi connectivity index (χ0v) is 19.2. The standard InChI is InChI=1S/C18H17N5O.C5H8N2OS/c1-10-4-5-20-8-13(10)15-6-12-7-16(23-18(24)11-2-3-11)21-9-14(12)17(19)22-15;1-2-9(8)7-5-3-4-6-7/h4-9,11H,2-3H2,1H3,(H2,19,22)(H,21,23,24);3-5H,2H2,1H3. The highest BCUT2D eigenvalue weighted by Crippen LogP contribution is 2.31. The van der Waals surface area contributed by atoms with Gasteiger partial charge in [0.15, 0.2) is 0 Å². The maximum absolute atomic E-state index is 11.9. The van der Waals surface area contributed by atoms with E-state index in [4.69, 9.17) is 5.73 Å². The van der Waals surface area contributed by atoms with Crippen LogP contribution in [-0.2, 0) is 15.8 Å². The highest BCUT2D eigenvalue weighted by atomic mass is 32.2. The molecule has 4 heterocycles. The fraction of sp³-hybridized carbons (Fsp3) is 0.261. The average molecular weight is 464 g/mol. The number of nitrogens with one attached hydrogen (secondary N) is 1. The lowest BCUT2D eigenvalue weighted by molar-refractivity contribution is -0.117. The first-order chi connectivity index (χ1) is 16.0. The van der Waals surface area contributed by atoms with Crippen LogP contribution in [0.2, 0.25) is 0 Å². The summed E-state index contributed by atoms with van der Waals surface area (Å²) in [5.41, 5.74) is 8.87. The minimum Gasteiger partial charge on any atom is -0.383 e. The second-order valence-electron chi connectivity index (χ2n) is 7.66. The summed E-state index contributed by atoms with van der Waals surface area (Å²) in [5, 5.41) is 8.32. The van der Waals surface area contributed by atoms with Crippen molar-refractivity contribution in [2.45, 2.75) is 26.7 Å². The summed E-state index contributed by atoms with van der Waals surface area (Å²) in [6, 6.07) is 7.48. The Morgan fingerprint density at radius 1 is 1.27 bits per heavy atom. The van der Waals surface area contributed by atoms with E-state index in [1.54, 1.807) is 37.1 Å². The quantitative estimate of drug-likeness (QED) is 0.464.